The summed E-state index contributed by atoms with van der Waals surface area (Å²) in [5.74, 6) is 0.427. The Morgan fingerprint density at radius 1 is 1.36 bits per heavy atom. The molecule has 0 saturated carbocycles. The van der Waals surface area contributed by atoms with Gasteiger partial charge in [0.15, 0.2) is 0 Å². The second-order valence-corrected chi connectivity index (χ2v) is 4.93. The maximum atomic E-state index is 12.3. The van der Waals surface area contributed by atoms with E-state index in [0.717, 1.165) is 5.76 Å². The number of amides is 1. The highest BCUT2D eigenvalue weighted by Gasteiger charge is 2.22. The van der Waals surface area contributed by atoms with Gasteiger partial charge in [0, 0.05) is 6.07 Å². The number of benzene rings is 1. The van der Waals surface area contributed by atoms with E-state index in [9.17, 15) is 14.9 Å². The summed E-state index contributed by atoms with van der Waals surface area (Å²) in [6, 6.07) is 9.19. The maximum Gasteiger partial charge on any atom is 0.292 e. The number of furan rings is 1. The van der Waals surface area contributed by atoms with Crippen LogP contribution in [0.3, 0.4) is 0 Å². The van der Waals surface area contributed by atoms with Gasteiger partial charge in [-0.05, 0) is 32.2 Å². The smallest absolute Gasteiger partial charge is 0.292 e. The molecule has 1 amide bonds. The summed E-state index contributed by atoms with van der Waals surface area (Å²) in [7, 11) is 1.78. The van der Waals surface area contributed by atoms with E-state index in [1.54, 1.807) is 43.3 Å². The van der Waals surface area contributed by atoms with Crippen molar-refractivity contribution < 1.29 is 14.1 Å². The Kier molecular flexibility index (Phi) is 4.90. The monoisotopic (exact) mass is 303 g/mol. The number of likely N-dealkylation sites (N-methyl/N-ethyl adjacent to an activating group) is 1. The Hall–Kier alpha value is -2.67. The molecule has 22 heavy (non-hydrogen) atoms. The first-order valence-electron chi connectivity index (χ1n) is 6.76. The van der Waals surface area contributed by atoms with Crippen LogP contribution in [0.1, 0.15) is 12.7 Å². The molecule has 1 atom stereocenters. The normalized spacial score (nSPS) is 12.1. The quantitative estimate of drug-likeness (QED) is 0.654. The number of hydrogen-bond acceptors (Lipinski definition) is 5. The fraction of sp³-hybridized carbons (Fsp3) is 0.267. The molecule has 1 aromatic carbocycles. The average Bonchev–Trinajstić information content (AvgIpc) is 2.99. The highest BCUT2D eigenvalue weighted by molar-refractivity contribution is 5.96. The largest absolute Gasteiger partial charge is 0.468 e. The van der Waals surface area contributed by atoms with Crippen molar-refractivity contribution in [2.45, 2.75) is 19.5 Å². The second-order valence-electron chi connectivity index (χ2n) is 4.93. The van der Waals surface area contributed by atoms with Gasteiger partial charge >= 0.3 is 0 Å². The molecule has 7 heteroatoms. The summed E-state index contributed by atoms with van der Waals surface area (Å²) in [5.41, 5.74) is 0.0625. The molecule has 0 aliphatic rings. The van der Waals surface area contributed by atoms with Crippen molar-refractivity contribution in [3.05, 3.63) is 58.5 Å². The first-order valence-corrected chi connectivity index (χ1v) is 6.76. The van der Waals surface area contributed by atoms with Crippen LogP contribution in [0.4, 0.5) is 11.4 Å². The van der Waals surface area contributed by atoms with Crippen LogP contribution in [0.2, 0.25) is 0 Å². The number of nitrogens with one attached hydrogen (secondary N) is 1. The zero-order valence-corrected chi connectivity index (χ0v) is 12.4. The number of rotatable bonds is 6. The minimum atomic E-state index is -0.521. The Labute approximate surface area is 127 Å². The molecule has 0 radical (unpaired) electrons. The minimum Gasteiger partial charge on any atom is -0.468 e. The van der Waals surface area contributed by atoms with Crippen LogP contribution in [-0.2, 0) is 11.3 Å². The van der Waals surface area contributed by atoms with Crippen molar-refractivity contribution in [1.82, 2.24) is 4.90 Å². The Balaban J connectivity index is 2.04. The van der Waals surface area contributed by atoms with Crippen LogP contribution in [0, 0.1) is 10.1 Å². The van der Waals surface area contributed by atoms with Crippen molar-refractivity contribution in [2.24, 2.45) is 0 Å². The van der Waals surface area contributed by atoms with Gasteiger partial charge in [0.05, 0.1) is 23.8 Å². The summed E-state index contributed by atoms with van der Waals surface area (Å²) < 4.78 is 5.24. The van der Waals surface area contributed by atoms with E-state index in [-0.39, 0.29) is 17.3 Å². The third-order valence-electron chi connectivity index (χ3n) is 3.38. The zero-order chi connectivity index (χ0) is 16.1. The number of carbonyl (C=O) groups excluding carboxylic acids is 1. The summed E-state index contributed by atoms with van der Waals surface area (Å²) >= 11 is 0. The molecule has 1 heterocycles. The fourth-order valence-electron chi connectivity index (χ4n) is 1.96. The first-order chi connectivity index (χ1) is 10.5. The van der Waals surface area contributed by atoms with Crippen LogP contribution < -0.4 is 5.32 Å². The number of nitro groups is 1. The minimum absolute atomic E-state index is 0.128. The van der Waals surface area contributed by atoms with Gasteiger partial charge < -0.3 is 9.73 Å². The number of carbonyl (C=O) groups is 1. The lowest BCUT2D eigenvalue weighted by Gasteiger charge is -2.22. The molecule has 0 fully saturated rings. The SMILES string of the molecule is C[C@H](C(=O)Nc1ccccc1[N+](=O)[O-])N(C)Cc1ccco1. The summed E-state index contributed by atoms with van der Waals surface area (Å²) in [6.07, 6.45) is 1.57. The van der Waals surface area contributed by atoms with E-state index in [4.69, 9.17) is 4.42 Å². The van der Waals surface area contributed by atoms with E-state index in [0.29, 0.717) is 6.54 Å². The Morgan fingerprint density at radius 2 is 2.09 bits per heavy atom. The molecule has 1 N–H and O–H groups in total. The van der Waals surface area contributed by atoms with Crippen molar-refractivity contribution in [3.8, 4) is 0 Å². The summed E-state index contributed by atoms with van der Waals surface area (Å²) in [5, 5.41) is 13.5. The number of para-hydroxylation sites is 2. The second kappa shape index (κ2) is 6.86. The fourth-order valence-corrected chi connectivity index (χ4v) is 1.96. The number of hydrogen-bond donors (Lipinski definition) is 1. The van der Waals surface area contributed by atoms with Gasteiger partial charge in [-0.15, -0.1) is 0 Å². The molecule has 2 aromatic rings. The number of nitro benzene ring substituents is 1. The van der Waals surface area contributed by atoms with Crippen LogP contribution in [0.5, 0.6) is 0 Å². The molecule has 0 aliphatic heterocycles. The van der Waals surface area contributed by atoms with Gasteiger partial charge in [-0.1, -0.05) is 12.1 Å². The maximum absolute atomic E-state index is 12.3. The third kappa shape index (κ3) is 3.70. The molecule has 0 bridgehead atoms. The van der Waals surface area contributed by atoms with Crippen molar-refractivity contribution in [1.29, 1.82) is 0 Å². The lowest BCUT2D eigenvalue weighted by Crippen LogP contribution is -2.39. The predicted octanol–water partition coefficient (Wildman–Crippen LogP) is 2.65. The molecule has 7 nitrogen and oxygen atoms in total. The highest BCUT2D eigenvalue weighted by atomic mass is 16.6. The number of anilines is 1. The van der Waals surface area contributed by atoms with Gasteiger partial charge in [-0.3, -0.25) is 19.8 Å². The average molecular weight is 303 g/mol. The molecular weight excluding hydrogens is 286 g/mol. The molecule has 0 saturated heterocycles. The van der Waals surface area contributed by atoms with E-state index < -0.39 is 11.0 Å². The van der Waals surface area contributed by atoms with Crippen LogP contribution in [0.15, 0.2) is 47.1 Å². The molecule has 0 aliphatic carbocycles. The molecule has 1 aromatic heterocycles. The van der Waals surface area contributed by atoms with Crippen molar-refractivity contribution in [2.75, 3.05) is 12.4 Å². The molecule has 2 rings (SSSR count). The predicted molar refractivity (Wildman–Crippen MR) is 81.4 cm³/mol. The first kappa shape index (κ1) is 15.7. The van der Waals surface area contributed by atoms with E-state index >= 15 is 0 Å². The molecule has 0 unspecified atom stereocenters. The standard InChI is InChI=1S/C15H17N3O4/c1-11(17(2)10-12-6-5-9-22-12)15(19)16-13-7-3-4-8-14(13)18(20)21/h3-9,11H,10H2,1-2H3,(H,16,19)/t11-/m1/s1. The van der Waals surface area contributed by atoms with E-state index in [1.165, 1.54) is 12.1 Å². The molecule has 116 valence electrons. The lowest BCUT2D eigenvalue weighted by atomic mass is 10.2. The topological polar surface area (TPSA) is 88.6 Å². The summed E-state index contributed by atoms with van der Waals surface area (Å²) in [4.78, 5) is 24.5. The Morgan fingerprint density at radius 3 is 2.73 bits per heavy atom. The van der Waals surface area contributed by atoms with Gasteiger partial charge in [0.1, 0.15) is 11.4 Å². The Bertz CT molecular complexity index is 655. The third-order valence-corrected chi connectivity index (χ3v) is 3.38. The van der Waals surface area contributed by atoms with Crippen LogP contribution in [-0.4, -0.2) is 28.8 Å². The number of nitrogens with zero attached hydrogens (tertiary/aromatic N) is 2. The van der Waals surface area contributed by atoms with Crippen LogP contribution in [0.25, 0.3) is 0 Å². The van der Waals surface area contributed by atoms with Crippen molar-refractivity contribution in [3.63, 3.8) is 0 Å². The highest BCUT2D eigenvalue weighted by Crippen LogP contribution is 2.23. The van der Waals surface area contributed by atoms with Gasteiger partial charge in [-0.25, -0.2) is 0 Å². The van der Waals surface area contributed by atoms with Crippen molar-refractivity contribution >= 4 is 17.3 Å². The summed E-state index contributed by atoms with van der Waals surface area (Å²) in [6.45, 7) is 2.20. The van der Waals surface area contributed by atoms with Crippen LogP contribution >= 0.6 is 0 Å². The zero-order valence-electron chi connectivity index (χ0n) is 12.4. The molecule has 0 spiro atoms. The van der Waals surface area contributed by atoms with E-state index in [2.05, 4.69) is 5.32 Å². The lowest BCUT2D eigenvalue weighted by molar-refractivity contribution is -0.383. The van der Waals surface area contributed by atoms with Gasteiger partial charge in [-0.2, -0.15) is 0 Å². The van der Waals surface area contributed by atoms with Gasteiger partial charge in [0.25, 0.3) is 5.69 Å². The van der Waals surface area contributed by atoms with E-state index in [1.807, 2.05) is 6.07 Å². The van der Waals surface area contributed by atoms with Gasteiger partial charge in [0.2, 0.25) is 5.91 Å². The molecular formula is C15H17N3O4.